The minimum Gasteiger partial charge on any atom is -0.493 e. The smallest absolute Gasteiger partial charge is 0.207 e. The average molecular weight is 585 g/mol. The summed E-state index contributed by atoms with van der Waals surface area (Å²) in [5.41, 5.74) is 6.76. The first-order chi connectivity index (χ1) is 21.7. The Kier molecular flexibility index (Phi) is 9.59. The number of para-hydroxylation sites is 2. The number of ether oxygens (including phenoxy) is 4. The third-order valence-corrected chi connectivity index (χ3v) is 8.44. The molecule has 0 N–H and O–H groups in total. The average Bonchev–Trinajstić information content (AvgIpc) is 3.10. The van der Waals surface area contributed by atoms with Gasteiger partial charge in [-0.1, -0.05) is 123 Å². The molecule has 0 saturated carbocycles. The van der Waals surface area contributed by atoms with E-state index in [9.17, 15) is 0 Å². The molecule has 3 unspecified atom stereocenters. The molecule has 44 heavy (non-hydrogen) atoms. The highest BCUT2D eigenvalue weighted by Gasteiger charge is 2.31. The number of hydrogen-bond acceptors (Lipinski definition) is 4. The van der Waals surface area contributed by atoms with Crippen LogP contribution in [0.1, 0.15) is 49.7 Å². The van der Waals surface area contributed by atoms with Crippen LogP contribution in [0.3, 0.4) is 0 Å². The van der Waals surface area contributed by atoms with Gasteiger partial charge in [-0.05, 0) is 53.6 Å². The van der Waals surface area contributed by atoms with Gasteiger partial charge < -0.3 is 18.9 Å². The minimum atomic E-state index is -0.490. The van der Waals surface area contributed by atoms with Gasteiger partial charge in [0.15, 0.2) is 0 Å². The van der Waals surface area contributed by atoms with E-state index in [4.69, 9.17) is 18.9 Å². The van der Waals surface area contributed by atoms with Crippen molar-refractivity contribution < 1.29 is 18.9 Å². The van der Waals surface area contributed by atoms with Crippen molar-refractivity contribution >= 4 is 0 Å². The molecule has 1 heterocycles. The van der Waals surface area contributed by atoms with Gasteiger partial charge in [-0.15, -0.1) is 0 Å². The Morgan fingerprint density at radius 3 is 2.00 bits per heavy atom. The Labute approximate surface area is 261 Å². The minimum absolute atomic E-state index is 0.0330. The molecule has 5 aromatic rings. The first kappa shape index (κ1) is 29.5. The summed E-state index contributed by atoms with van der Waals surface area (Å²) in [7, 11) is 0. The van der Waals surface area contributed by atoms with E-state index in [0.717, 1.165) is 57.9 Å². The molecule has 0 fully saturated rings. The monoisotopic (exact) mass is 584 g/mol. The van der Waals surface area contributed by atoms with E-state index in [1.54, 1.807) is 0 Å². The quantitative estimate of drug-likeness (QED) is 0.108. The second-order valence-corrected chi connectivity index (χ2v) is 11.3. The van der Waals surface area contributed by atoms with Crippen molar-refractivity contribution in [2.75, 3.05) is 19.8 Å². The van der Waals surface area contributed by atoms with E-state index in [0.29, 0.717) is 25.7 Å². The van der Waals surface area contributed by atoms with Gasteiger partial charge in [0, 0.05) is 16.7 Å². The summed E-state index contributed by atoms with van der Waals surface area (Å²) in [6.07, 6.45) is 1.42. The van der Waals surface area contributed by atoms with E-state index < -0.39 is 6.29 Å². The first-order valence-electron chi connectivity index (χ1n) is 15.7. The van der Waals surface area contributed by atoms with Crippen LogP contribution in [-0.2, 0) is 4.74 Å². The second-order valence-electron chi connectivity index (χ2n) is 11.3. The van der Waals surface area contributed by atoms with Crippen molar-refractivity contribution in [2.24, 2.45) is 0 Å². The lowest BCUT2D eigenvalue weighted by Gasteiger charge is -2.32. The van der Waals surface area contributed by atoms with E-state index in [1.807, 2.05) is 30.3 Å². The maximum atomic E-state index is 6.58. The van der Waals surface area contributed by atoms with Crippen molar-refractivity contribution in [1.82, 2.24) is 0 Å². The van der Waals surface area contributed by atoms with Gasteiger partial charge in [-0.3, -0.25) is 0 Å². The maximum Gasteiger partial charge on any atom is 0.207 e. The molecular weight excluding hydrogens is 544 g/mol. The largest absolute Gasteiger partial charge is 0.493 e. The molecule has 6 rings (SSSR count). The van der Waals surface area contributed by atoms with E-state index >= 15 is 0 Å². The van der Waals surface area contributed by atoms with Crippen molar-refractivity contribution in [1.29, 1.82) is 0 Å². The molecule has 0 radical (unpaired) electrons. The van der Waals surface area contributed by atoms with Crippen LogP contribution in [0.2, 0.25) is 0 Å². The molecule has 0 aromatic heterocycles. The molecule has 3 atom stereocenters. The van der Waals surface area contributed by atoms with Crippen LogP contribution in [0.15, 0.2) is 127 Å². The zero-order valence-electron chi connectivity index (χ0n) is 25.5. The first-order valence-corrected chi connectivity index (χ1v) is 15.7. The second kappa shape index (κ2) is 14.3. The highest BCUT2D eigenvalue weighted by Crippen LogP contribution is 2.40. The topological polar surface area (TPSA) is 36.9 Å². The summed E-state index contributed by atoms with van der Waals surface area (Å²) >= 11 is 0. The van der Waals surface area contributed by atoms with Crippen molar-refractivity contribution in [3.8, 4) is 39.5 Å². The fraction of sp³-hybridized carbons (Fsp3) is 0.250. The molecule has 0 saturated heterocycles. The Hall–Kier alpha value is -4.54. The van der Waals surface area contributed by atoms with Gasteiger partial charge in [-0.25, -0.2) is 0 Å². The predicted octanol–water partition coefficient (Wildman–Crippen LogP) is 9.90. The van der Waals surface area contributed by atoms with Gasteiger partial charge in [-0.2, -0.15) is 0 Å². The number of rotatable bonds is 12. The van der Waals surface area contributed by atoms with Crippen LogP contribution in [0.25, 0.3) is 22.3 Å². The van der Waals surface area contributed by atoms with Crippen LogP contribution < -0.4 is 14.2 Å². The van der Waals surface area contributed by atoms with Gasteiger partial charge in [0.2, 0.25) is 6.29 Å². The van der Waals surface area contributed by atoms with Crippen LogP contribution in [0.5, 0.6) is 17.2 Å². The molecule has 0 amide bonds. The SMILES string of the molecule is CCC(C)c1ccc(OC(OCCOc2c(-c3ccccc3)cccc2-c2ccccc2)C2CCOc3ccccc32)cc1. The maximum absolute atomic E-state index is 6.58. The van der Waals surface area contributed by atoms with Crippen molar-refractivity contribution in [3.05, 3.63) is 139 Å². The lowest BCUT2D eigenvalue weighted by atomic mass is 9.92. The van der Waals surface area contributed by atoms with E-state index in [1.165, 1.54) is 5.56 Å². The molecule has 5 aromatic carbocycles. The lowest BCUT2D eigenvalue weighted by molar-refractivity contribution is -0.107. The predicted molar refractivity (Wildman–Crippen MR) is 178 cm³/mol. The summed E-state index contributed by atoms with van der Waals surface area (Å²) in [6, 6.07) is 43.7. The Balaban J connectivity index is 1.23. The molecular formula is C40H40O4. The van der Waals surface area contributed by atoms with Crippen LogP contribution >= 0.6 is 0 Å². The Morgan fingerprint density at radius 2 is 1.34 bits per heavy atom. The summed E-state index contributed by atoms with van der Waals surface area (Å²) in [5, 5.41) is 0. The number of hydrogen-bond donors (Lipinski definition) is 0. The fourth-order valence-electron chi connectivity index (χ4n) is 5.82. The Morgan fingerprint density at radius 1 is 0.705 bits per heavy atom. The van der Waals surface area contributed by atoms with Gasteiger partial charge >= 0.3 is 0 Å². The molecule has 224 valence electrons. The normalized spacial score (nSPS) is 15.5. The summed E-state index contributed by atoms with van der Waals surface area (Å²) < 4.78 is 25.7. The lowest BCUT2D eigenvalue weighted by Crippen LogP contribution is -2.33. The van der Waals surface area contributed by atoms with Gasteiger partial charge in [0.1, 0.15) is 23.9 Å². The molecule has 0 aliphatic carbocycles. The Bertz CT molecular complexity index is 1560. The van der Waals surface area contributed by atoms with Crippen LogP contribution in [0.4, 0.5) is 0 Å². The highest BCUT2D eigenvalue weighted by molar-refractivity contribution is 5.82. The molecule has 0 bridgehead atoms. The standard InChI is InChI=1S/C40H40O4/c1-3-29(2)30-21-23-33(24-22-30)44-40(37-25-26-41-38-20-11-10-17-36(37)38)43-28-27-42-39-34(31-13-6-4-7-14-31)18-12-19-35(39)32-15-8-5-9-16-32/h4-24,29,37,40H,3,25-28H2,1-2H3. The number of benzene rings is 5. The third-order valence-electron chi connectivity index (χ3n) is 8.44. The highest BCUT2D eigenvalue weighted by atomic mass is 16.7. The van der Waals surface area contributed by atoms with Crippen molar-refractivity contribution in [2.45, 2.75) is 44.8 Å². The zero-order chi connectivity index (χ0) is 30.1. The van der Waals surface area contributed by atoms with Gasteiger partial charge in [0.05, 0.1) is 19.1 Å². The number of fused-ring (bicyclic) bond motifs is 1. The molecule has 1 aliphatic rings. The molecule has 4 heteroatoms. The molecule has 0 spiro atoms. The van der Waals surface area contributed by atoms with Crippen LogP contribution in [-0.4, -0.2) is 26.1 Å². The summed E-state index contributed by atoms with van der Waals surface area (Å²) in [5.74, 6) is 3.09. The van der Waals surface area contributed by atoms with Gasteiger partial charge in [0.25, 0.3) is 0 Å². The summed E-state index contributed by atoms with van der Waals surface area (Å²) in [6.45, 7) is 5.83. The molecule has 1 aliphatic heterocycles. The summed E-state index contributed by atoms with van der Waals surface area (Å²) in [4.78, 5) is 0. The van der Waals surface area contributed by atoms with Crippen molar-refractivity contribution in [3.63, 3.8) is 0 Å². The van der Waals surface area contributed by atoms with Crippen LogP contribution in [0, 0.1) is 0 Å². The molecule has 4 nitrogen and oxygen atoms in total. The zero-order valence-corrected chi connectivity index (χ0v) is 25.5. The van der Waals surface area contributed by atoms with E-state index in [-0.39, 0.29) is 5.92 Å². The fourth-order valence-corrected chi connectivity index (χ4v) is 5.82. The van der Waals surface area contributed by atoms with E-state index in [2.05, 4.69) is 111 Å². The third kappa shape index (κ3) is 6.82.